The van der Waals surface area contributed by atoms with Crippen LogP contribution in [0, 0.1) is 5.82 Å². The van der Waals surface area contributed by atoms with Crippen molar-refractivity contribution < 1.29 is 9.18 Å². The van der Waals surface area contributed by atoms with E-state index in [1.807, 2.05) is 30.3 Å². The number of hydrogen-bond acceptors (Lipinski definition) is 4. The Hall–Kier alpha value is -3.09. The van der Waals surface area contributed by atoms with Crippen LogP contribution in [0.3, 0.4) is 0 Å². The largest absolute Gasteiger partial charge is 0.345 e. The van der Waals surface area contributed by atoms with Gasteiger partial charge < -0.3 is 5.32 Å². The van der Waals surface area contributed by atoms with Crippen LogP contribution in [0.4, 0.5) is 4.39 Å². The summed E-state index contributed by atoms with van der Waals surface area (Å²) in [6.45, 7) is 0.165. The molecule has 7 heteroatoms. The highest BCUT2D eigenvalue weighted by atomic mass is 19.1. The van der Waals surface area contributed by atoms with Crippen molar-refractivity contribution in [1.82, 2.24) is 25.5 Å². The molecule has 0 saturated heterocycles. The van der Waals surface area contributed by atoms with E-state index < -0.39 is 0 Å². The Labute approximate surface area is 125 Å². The summed E-state index contributed by atoms with van der Waals surface area (Å²) in [5.41, 5.74) is 1.18. The van der Waals surface area contributed by atoms with E-state index in [4.69, 9.17) is 0 Å². The predicted octanol–water partition coefficient (Wildman–Crippen LogP) is 1.73. The molecule has 0 saturated carbocycles. The van der Waals surface area contributed by atoms with Crippen LogP contribution in [-0.2, 0) is 6.54 Å². The molecule has 0 fully saturated rings. The number of benzene rings is 2. The molecule has 1 heterocycles. The molecule has 0 radical (unpaired) electrons. The second-order valence-electron chi connectivity index (χ2n) is 4.53. The zero-order valence-corrected chi connectivity index (χ0v) is 11.5. The van der Waals surface area contributed by atoms with E-state index in [-0.39, 0.29) is 18.3 Å². The Morgan fingerprint density at radius 2 is 1.82 bits per heavy atom. The third kappa shape index (κ3) is 2.98. The van der Waals surface area contributed by atoms with Crippen molar-refractivity contribution in [3.63, 3.8) is 0 Å². The third-order valence-corrected chi connectivity index (χ3v) is 3.05. The predicted molar refractivity (Wildman–Crippen MR) is 76.7 cm³/mol. The molecule has 0 unspecified atom stereocenters. The molecule has 1 N–H and O–H groups in total. The van der Waals surface area contributed by atoms with E-state index in [0.29, 0.717) is 11.4 Å². The molecular weight excluding hydrogens is 285 g/mol. The molecule has 3 aromatic rings. The summed E-state index contributed by atoms with van der Waals surface area (Å²) in [4.78, 5) is 12.0. The minimum Gasteiger partial charge on any atom is -0.345 e. The highest BCUT2D eigenvalue weighted by Crippen LogP contribution is 2.07. The molecule has 1 amide bonds. The number of nitrogens with zero attached hydrogens (tertiary/aromatic N) is 4. The molecule has 2 aromatic carbocycles. The maximum absolute atomic E-state index is 12.8. The van der Waals surface area contributed by atoms with Gasteiger partial charge in [0.2, 0.25) is 0 Å². The molecule has 0 bridgehead atoms. The molecule has 110 valence electrons. The van der Waals surface area contributed by atoms with Gasteiger partial charge in [0.05, 0.1) is 12.2 Å². The average Bonchev–Trinajstić information content (AvgIpc) is 3.02. The first-order chi connectivity index (χ1) is 10.7. The van der Waals surface area contributed by atoms with Crippen LogP contribution in [0.5, 0.6) is 0 Å². The smallest absolute Gasteiger partial charge is 0.251 e. The van der Waals surface area contributed by atoms with Gasteiger partial charge in [0, 0.05) is 5.56 Å². The van der Waals surface area contributed by atoms with Gasteiger partial charge >= 0.3 is 0 Å². The lowest BCUT2D eigenvalue weighted by molar-refractivity contribution is 0.0949. The summed E-state index contributed by atoms with van der Waals surface area (Å²) in [7, 11) is 0. The SMILES string of the molecule is O=C(NCc1nnnn1-c1ccccc1)c1ccc(F)cc1. The average molecular weight is 297 g/mol. The number of carbonyl (C=O) groups is 1. The number of tetrazole rings is 1. The highest BCUT2D eigenvalue weighted by molar-refractivity contribution is 5.94. The third-order valence-electron chi connectivity index (χ3n) is 3.05. The van der Waals surface area contributed by atoms with E-state index in [9.17, 15) is 9.18 Å². The zero-order valence-electron chi connectivity index (χ0n) is 11.5. The summed E-state index contributed by atoms with van der Waals surface area (Å²) in [6.07, 6.45) is 0. The van der Waals surface area contributed by atoms with E-state index in [0.717, 1.165) is 5.69 Å². The summed E-state index contributed by atoms with van der Waals surface area (Å²) in [5, 5.41) is 14.1. The molecule has 0 spiro atoms. The van der Waals surface area contributed by atoms with Crippen molar-refractivity contribution in [3.05, 3.63) is 71.8 Å². The summed E-state index contributed by atoms with van der Waals surface area (Å²) in [6, 6.07) is 14.7. The topological polar surface area (TPSA) is 72.7 Å². The van der Waals surface area contributed by atoms with Crippen LogP contribution in [-0.4, -0.2) is 26.1 Å². The Kier molecular flexibility index (Phi) is 3.86. The lowest BCUT2D eigenvalue weighted by Gasteiger charge is -2.06. The molecule has 0 aliphatic carbocycles. The van der Waals surface area contributed by atoms with Crippen LogP contribution in [0.15, 0.2) is 54.6 Å². The molecule has 0 atom stereocenters. The van der Waals surface area contributed by atoms with E-state index in [1.54, 1.807) is 4.68 Å². The van der Waals surface area contributed by atoms with Gasteiger partial charge in [-0.15, -0.1) is 5.10 Å². The molecule has 1 aromatic heterocycles. The van der Waals surface area contributed by atoms with E-state index in [1.165, 1.54) is 24.3 Å². The lowest BCUT2D eigenvalue weighted by Crippen LogP contribution is -2.24. The summed E-state index contributed by atoms with van der Waals surface area (Å²) in [5.74, 6) is -0.200. The van der Waals surface area contributed by atoms with Gasteiger partial charge in [-0.25, -0.2) is 4.39 Å². The van der Waals surface area contributed by atoms with Crippen LogP contribution >= 0.6 is 0 Å². The van der Waals surface area contributed by atoms with Crippen LogP contribution in [0.2, 0.25) is 0 Å². The van der Waals surface area contributed by atoms with E-state index >= 15 is 0 Å². The minimum atomic E-state index is -0.385. The van der Waals surface area contributed by atoms with Gasteiger partial charge in [-0.05, 0) is 46.8 Å². The quantitative estimate of drug-likeness (QED) is 0.796. The second kappa shape index (κ2) is 6.13. The van der Waals surface area contributed by atoms with Crippen molar-refractivity contribution in [1.29, 1.82) is 0 Å². The first-order valence-electron chi connectivity index (χ1n) is 6.60. The van der Waals surface area contributed by atoms with Crippen LogP contribution < -0.4 is 5.32 Å². The minimum absolute atomic E-state index is 0.165. The van der Waals surface area contributed by atoms with Crippen molar-refractivity contribution in [2.75, 3.05) is 0 Å². The fraction of sp³-hybridized carbons (Fsp3) is 0.0667. The molecule has 0 aliphatic rings. The number of carbonyl (C=O) groups excluding carboxylic acids is 1. The number of para-hydroxylation sites is 1. The van der Waals surface area contributed by atoms with Gasteiger partial charge in [0.1, 0.15) is 5.82 Å². The number of aromatic nitrogens is 4. The number of rotatable bonds is 4. The molecule has 3 rings (SSSR count). The Morgan fingerprint density at radius 3 is 2.55 bits per heavy atom. The fourth-order valence-electron chi connectivity index (χ4n) is 1.95. The van der Waals surface area contributed by atoms with Crippen molar-refractivity contribution in [2.45, 2.75) is 6.54 Å². The maximum atomic E-state index is 12.8. The Morgan fingerprint density at radius 1 is 1.09 bits per heavy atom. The van der Waals surface area contributed by atoms with Gasteiger partial charge in [0.15, 0.2) is 5.82 Å². The Balaban J connectivity index is 1.71. The van der Waals surface area contributed by atoms with Crippen molar-refractivity contribution in [3.8, 4) is 5.69 Å². The molecule has 6 nitrogen and oxygen atoms in total. The maximum Gasteiger partial charge on any atom is 0.251 e. The Bertz CT molecular complexity index is 770. The fourth-order valence-corrected chi connectivity index (χ4v) is 1.95. The number of hydrogen-bond donors (Lipinski definition) is 1. The summed E-state index contributed by atoms with van der Waals surface area (Å²) < 4.78 is 14.4. The summed E-state index contributed by atoms with van der Waals surface area (Å²) >= 11 is 0. The van der Waals surface area contributed by atoms with Gasteiger partial charge in [-0.2, -0.15) is 4.68 Å². The molecule has 0 aliphatic heterocycles. The number of nitrogens with one attached hydrogen (secondary N) is 1. The van der Waals surface area contributed by atoms with Crippen molar-refractivity contribution >= 4 is 5.91 Å². The van der Waals surface area contributed by atoms with Crippen molar-refractivity contribution in [2.24, 2.45) is 0 Å². The standard InChI is InChI=1S/C15H12FN5O/c16-12-8-6-11(7-9-12)15(22)17-10-14-18-19-20-21(14)13-4-2-1-3-5-13/h1-9H,10H2,(H,17,22). The second-order valence-corrected chi connectivity index (χ2v) is 4.53. The molecular formula is C15H12FN5O. The van der Waals surface area contributed by atoms with E-state index in [2.05, 4.69) is 20.8 Å². The first kappa shape index (κ1) is 13.9. The van der Waals surface area contributed by atoms with Crippen LogP contribution in [0.25, 0.3) is 5.69 Å². The zero-order chi connectivity index (χ0) is 15.4. The normalized spacial score (nSPS) is 10.4. The number of halogens is 1. The molecule has 22 heavy (non-hydrogen) atoms. The van der Waals surface area contributed by atoms with Gasteiger partial charge in [-0.3, -0.25) is 4.79 Å². The van der Waals surface area contributed by atoms with Gasteiger partial charge in [-0.1, -0.05) is 18.2 Å². The van der Waals surface area contributed by atoms with Gasteiger partial charge in [0.25, 0.3) is 5.91 Å². The highest BCUT2D eigenvalue weighted by Gasteiger charge is 2.10. The first-order valence-corrected chi connectivity index (χ1v) is 6.60. The number of amides is 1. The monoisotopic (exact) mass is 297 g/mol. The van der Waals surface area contributed by atoms with Crippen LogP contribution in [0.1, 0.15) is 16.2 Å². The lowest BCUT2D eigenvalue weighted by atomic mass is 10.2.